The normalized spacial score (nSPS) is 11.9. The minimum absolute atomic E-state index is 0.0901. The van der Waals surface area contributed by atoms with Crippen molar-refractivity contribution in [2.45, 2.75) is 52.7 Å². The van der Waals surface area contributed by atoms with E-state index in [1.165, 1.54) is 0 Å². The van der Waals surface area contributed by atoms with E-state index < -0.39 is 0 Å². The Kier molecular flexibility index (Phi) is 8.17. The van der Waals surface area contributed by atoms with Gasteiger partial charge in [0.1, 0.15) is 5.76 Å². The maximum Gasteiger partial charge on any atom is 0.287 e. The molecule has 2 amide bonds. The van der Waals surface area contributed by atoms with Crippen LogP contribution >= 0.6 is 11.6 Å². The molecule has 0 saturated carbocycles. The van der Waals surface area contributed by atoms with Crippen LogP contribution in [0.3, 0.4) is 0 Å². The zero-order valence-corrected chi connectivity index (χ0v) is 19.6. The fourth-order valence-electron chi connectivity index (χ4n) is 3.42. The fraction of sp³-hybridized carbons (Fsp3) is 0.360. The maximum absolute atomic E-state index is 13.1. The zero-order valence-electron chi connectivity index (χ0n) is 18.8. The Labute approximate surface area is 194 Å². The first-order chi connectivity index (χ1) is 15.4. The Hall–Kier alpha value is -2.99. The average Bonchev–Trinajstić information content (AvgIpc) is 3.43. The number of benzene rings is 1. The summed E-state index contributed by atoms with van der Waals surface area (Å²) >= 11 is 6.25. The molecule has 32 heavy (non-hydrogen) atoms. The molecule has 0 spiro atoms. The molecule has 3 aromatic rings. The van der Waals surface area contributed by atoms with E-state index in [0.717, 1.165) is 18.5 Å². The minimum atomic E-state index is -0.210. The van der Waals surface area contributed by atoms with Crippen LogP contribution in [0.2, 0.25) is 5.02 Å². The van der Waals surface area contributed by atoms with E-state index in [1.54, 1.807) is 23.1 Å². The number of hydrogen-bond acceptors (Lipinski definition) is 3. The van der Waals surface area contributed by atoms with Crippen LogP contribution in [-0.2, 0) is 13.1 Å². The summed E-state index contributed by atoms with van der Waals surface area (Å²) in [6.45, 7) is 7.56. The van der Waals surface area contributed by atoms with Crippen LogP contribution < -0.4 is 5.32 Å². The molecule has 1 aromatic carbocycles. The van der Waals surface area contributed by atoms with Crippen molar-refractivity contribution in [1.29, 1.82) is 0 Å². The van der Waals surface area contributed by atoms with Gasteiger partial charge in [0.25, 0.3) is 11.8 Å². The molecule has 0 aliphatic rings. The summed E-state index contributed by atoms with van der Waals surface area (Å²) in [6, 6.07) is 14.6. The van der Waals surface area contributed by atoms with Crippen molar-refractivity contribution in [3.05, 3.63) is 82.5 Å². The van der Waals surface area contributed by atoms with Gasteiger partial charge in [-0.25, -0.2) is 0 Å². The smallest absolute Gasteiger partial charge is 0.287 e. The van der Waals surface area contributed by atoms with Gasteiger partial charge in [-0.3, -0.25) is 9.59 Å². The monoisotopic (exact) mass is 455 g/mol. The van der Waals surface area contributed by atoms with Gasteiger partial charge in [-0.1, -0.05) is 37.6 Å². The third-order valence-electron chi connectivity index (χ3n) is 5.36. The molecule has 2 aromatic heterocycles. The summed E-state index contributed by atoms with van der Waals surface area (Å²) in [4.78, 5) is 27.2. The summed E-state index contributed by atoms with van der Waals surface area (Å²) in [5.74, 6) is 0.678. The summed E-state index contributed by atoms with van der Waals surface area (Å²) in [5, 5.41) is 3.36. The predicted octanol–water partition coefficient (Wildman–Crippen LogP) is 5.36. The van der Waals surface area contributed by atoms with Gasteiger partial charge in [0.15, 0.2) is 5.76 Å². The lowest BCUT2D eigenvalue weighted by molar-refractivity contribution is 0.0739. The number of carbonyl (C=O) groups excluding carboxylic acids is 2. The molecule has 3 rings (SSSR count). The first-order valence-electron chi connectivity index (χ1n) is 11.0. The Morgan fingerprint density at radius 2 is 1.91 bits per heavy atom. The van der Waals surface area contributed by atoms with Crippen LogP contribution in [0.4, 0.5) is 0 Å². The van der Waals surface area contributed by atoms with Crippen molar-refractivity contribution in [3.8, 4) is 0 Å². The highest BCUT2D eigenvalue weighted by atomic mass is 35.5. The lowest BCUT2D eigenvalue weighted by Gasteiger charge is -2.23. The summed E-state index contributed by atoms with van der Waals surface area (Å²) < 4.78 is 7.80. The highest BCUT2D eigenvalue weighted by Crippen LogP contribution is 2.20. The molecule has 0 bridgehead atoms. The van der Waals surface area contributed by atoms with E-state index in [0.29, 0.717) is 41.7 Å². The van der Waals surface area contributed by atoms with Gasteiger partial charge in [-0.2, -0.15) is 0 Å². The van der Waals surface area contributed by atoms with E-state index in [1.807, 2.05) is 61.9 Å². The SMILES string of the molecule is CCCN(Cc1cccn1Cc1ccc(C(=O)NC(C)CC)o1)C(=O)c1ccccc1Cl. The van der Waals surface area contributed by atoms with Crippen molar-refractivity contribution in [1.82, 2.24) is 14.8 Å². The van der Waals surface area contributed by atoms with E-state index in [9.17, 15) is 9.59 Å². The summed E-state index contributed by atoms with van der Waals surface area (Å²) in [5.41, 5.74) is 1.48. The Balaban J connectivity index is 1.73. The lowest BCUT2D eigenvalue weighted by Crippen LogP contribution is -2.32. The van der Waals surface area contributed by atoms with Gasteiger partial charge < -0.3 is 19.2 Å². The average molecular weight is 456 g/mol. The molecule has 0 saturated heterocycles. The molecule has 0 radical (unpaired) electrons. The molecule has 0 fully saturated rings. The van der Waals surface area contributed by atoms with Crippen molar-refractivity contribution in [2.75, 3.05) is 6.54 Å². The number of rotatable bonds is 10. The van der Waals surface area contributed by atoms with Crippen LogP contribution in [0.1, 0.15) is 66.0 Å². The van der Waals surface area contributed by atoms with E-state index in [-0.39, 0.29) is 17.9 Å². The summed E-state index contributed by atoms with van der Waals surface area (Å²) in [7, 11) is 0. The molecule has 170 valence electrons. The van der Waals surface area contributed by atoms with Gasteiger partial charge in [0.2, 0.25) is 0 Å². The van der Waals surface area contributed by atoms with Gasteiger partial charge in [-0.15, -0.1) is 0 Å². The number of furan rings is 1. The fourth-order valence-corrected chi connectivity index (χ4v) is 3.64. The standard InChI is InChI=1S/C25H30ClN3O3/c1-4-14-29(25(31)21-10-6-7-11-22(21)26)16-19-9-8-15-28(19)17-20-12-13-23(32-20)24(30)27-18(3)5-2/h6-13,15,18H,4-5,14,16-17H2,1-3H3,(H,27,30). The largest absolute Gasteiger partial charge is 0.454 e. The Morgan fingerprint density at radius 1 is 1.12 bits per heavy atom. The molecular weight excluding hydrogens is 426 g/mol. The molecule has 0 aliphatic carbocycles. The molecule has 1 atom stereocenters. The first kappa shape index (κ1) is 23.7. The summed E-state index contributed by atoms with van der Waals surface area (Å²) in [6.07, 6.45) is 3.64. The van der Waals surface area contributed by atoms with Crippen LogP contribution in [0.15, 0.2) is 59.1 Å². The first-order valence-corrected chi connectivity index (χ1v) is 11.4. The van der Waals surface area contributed by atoms with Crippen LogP contribution in [0.5, 0.6) is 0 Å². The minimum Gasteiger partial charge on any atom is -0.454 e. The van der Waals surface area contributed by atoms with Crippen molar-refractivity contribution in [3.63, 3.8) is 0 Å². The topological polar surface area (TPSA) is 67.5 Å². The van der Waals surface area contributed by atoms with E-state index >= 15 is 0 Å². The Morgan fingerprint density at radius 3 is 2.62 bits per heavy atom. The Bertz CT molecular complexity index is 1060. The molecule has 6 nitrogen and oxygen atoms in total. The van der Waals surface area contributed by atoms with Gasteiger partial charge in [0.05, 0.1) is 23.7 Å². The number of hydrogen-bond donors (Lipinski definition) is 1. The van der Waals surface area contributed by atoms with Gasteiger partial charge >= 0.3 is 0 Å². The quantitative estimate of drug-likeness (QED) is 0.447. The predicted molar refractivity (Wildman–Crippen MR) is 126 cm³/mol. The molecule has 2 heterocycles. The van der Waals surface area contributed by atoms with Crippen LogP contribution in [0.25, 0.3) is 0 Å². The maximum atomic E-state index is 13.1. The van der Waals surface area contributed by atoms with Gasteiger partial charge in [0, 0.05) is 24.5 Å². The molecule has 1 N–H and O–H groups in total. The van der Waals surface area contributed by atoms with Crippen LogP contribution in [-0.4, -0.2) is 33.9 Å². The second kappa shape index (κ2) is 11.0. The van der Waals surface area contributed by atoms with Crippen molar-refractivity contribution >= 4 is 23.4 Å². The van der Waals surface area contributed by atoms with E-state index in [2.05, 4.69) is 5.32 Å². The number of nitrogens with one attached hydrogen (secondary N) is 1. The van der Waals surface area contributed by atoms with Crippen molar-refractivity contribution < 1.29 is 14.0 Å². The lowest BCUT2D eigenvalue weighted by atomic mass is 10.2. The third-order valence-corrected chi connectivity index (χ3v) is 5.69. The highest BCUT2D eigenvalue weighted by Gasteiger charge is 2.20. The molecule has 7 heteroatoms. The van der Waals surface area contributed by atoms with Gasteiger partial charge in [-0.05, 0) is 56.2 Å². The molecule has 1 unspecified atom stereocenters. The highest BCUT2D eigenvalue weighted by molar-refractivity contribution is 6.33. The number of halogens is 1. The van der Waals surface area contributed by atoms with E-state index in [4.69, 9.17) is 16.0 Å². The number of amides is 2. The number of carbonyl (C=O) groups is 2. The number of aromatic nitrogens is 1. The second-order valence-electron chi connectivity index (χ2n) is 7.88. The zero-order chi connectivity index (χ0) is 23.1. The van der Waals surface area contributed by atoms with Crippen LogP contribution in [0, 0.1) is 0 Å². The second-order valence-corrected chi connectivity index (χ2v) is 8.29. The third kappa shape index (κ3) is 5.82. The molecule has 0 aliphatic heterocycles. The molecular formula is C25H30ClN3O3. The van der Waals surface area contributed by atoms with Crippen molar-refractivity contribution in [2.24, 2.45) is 0 Å². The number of nitrogens with zero attached hydrogens (tertiary/aromatic N) is 2.